The number of hydrogen-bond acceptors (Lipinski definition) is 8. The molecule has 0 saturated carbocycles. The average Bonchev–Trinajstić information content (AvgIpc) is 2.73. The SMILES string of the molecule is CCc1cn([C@@H]2O[C@H](COP(=O)(Cl)Cl)C(O)C2O)c(=O)nc1N. The van der Waals surface area contributed by atoms with Crippen LogP contribution < -0.4 is 11.4 Å². The van der Waals surface area contributed by atoms with Crippen LogP contribution in [0.25, 0.3) is 0 Å². The third kappa shape index (κ3) is 4.24. The van der Waals surface area contributed by atoms with Crippen LogP contribution in [0, 0.1) is 0 Å². The summed E-state index contributed by atoms with van der Waals surface area (Å²) in [4.78, 5) is 15.6. The predicted octanol–water partition coefficient (Wildman–Crippen LogP) is 0.609. The summed E-state index contributed by atoms with van der Waals surface area (Å²) in [6.07, 6.45) is -6.99. The molecule has 9 nitrogen and oxygen atoms in total. The van der Waals surface area contributed by atoms with Crippen LogP contribution in [0.15, 0.2) is 11.0 Å². The second kappa shape index (κ2) is 7.06. The fourth-order valence-corrected chi connectivity index (χ4v) is 2.89. The van der Waals surface area contributed by atoms with Crippen molar-refractivity contribution in [2.24, 2.45) is 0 Å². The normalized spacial score (nSPS) is 28.2. The summed E-state index contributed by atoms with van der Waals surface area (Å²) < 4.78 is 22.2. The van der Waals surface area contributed by atoms with Crippen molar-refractivity contribution in [3.63, 3.8) is 0 Å². The van der Waals surface area contributed by atoms with Gasteiger partial charge < -0.3 is 25.2 Å². The predicted molar refractivity (Wildman–Crippen MR) is 83.5 cm³/mol. The van der Waals surface area contributed by atoms with Crippen molar-refractivity contribution in [2.75, 3.05) is 12.3 Å². The van der Waals surface area contributed by atoms with E-state index in [1.165, 1.54) is 6.20 Å². The van der Waals surface area contributed by atoms with E-state index in [0.717, 1.165) is 4.57 Å². The molecule has 2 rings (SSSR count). The first-order chi connectivity index (χ1) is 10.6. The van der Waals surface area contributed by atoms with E-state index >= 15 is 0 Å². The Bertz CT molecular complexity index is 680. The van der Waals surface area contributed by atoms with Crippen LogP contribution in [-0.2, 0) is 20.2 Å². The van der Waals surface area contributed by atoms with Crippen molar-refractivity contribution in [1.82, 2.24) is 9.55 Å². The van der Waals surface area contributed by atoms with Gasteiger partial charge in [-0.1, -0.05) is 6.92 Å². The van der Waals surface area contributed by atoms with E-state index in [2.05, 4.69) is 9.51 Å². The molecule has 23 heavy (non-hydrogen) atoms. The second-order valence-corrected chi connectivity index (χ2v) is 9.23. The highest BCUT2D eigenvalue weighted by Gasteiger charge is 2.45. The first-order valence-corrected chi connectivity index (χ1v) is 10.1. The highest BCUT2D eigenvalue weighted by atomic mass is 35.9. The maximum absolute atomic E-state index is 12.0. The Hall–Kier alpha value is -0.670. The maximum atomic E-state index is 12.0. The van der Waals surface area contributed by atoms with Gasteiger partial charge in [-0.15, -0.1) is 0 Å². The number of nitrogens with zero attached hydrogens (tertiary/aromatic N) is 2. The monoisotopic (exact) mass is 387 g/mol. The summed E-state index contributed by atoms with van der Waals surface area (Å²) in [7, 11) is 0. The topological polar surface area (TPSA) is 137 Å². The van der Waals surface area contributed by atoms with Gasteiger partial charge >= 0.3 is 11.8 Å². The Balaban J connectivity index is 2.24. The van der Waals surface area contributed by atoms with Gasteiger partial charge in [-0.3, -0.25) is 9.13 Å². The molecule has 1 fully saturated rings. The summed E-state index contributed by atoms with van der Waals surface area (Å²) in [6, 6.07) is 0. The van der Waals surface area contributed by atoms with Gasteiger partial charge in [0.25, 0.3) is 0 Å². The molecule has 1 aliphatic rings. The Kier molecular flexibility index (Phi) is 5.73. The van der Waals surface area contributed by atoms with Crippen LogP contribution in [0.3, 0.4) is 0 Å². The zero-order valence-electron chi connectivity index (χ0n) is 12.0. The smallest absolute Gasteiger partial charge is 0.380 e. The number of aromatic nitrogens is 2. The van der Waals surface area contributed by atoms with Gasteiger partial charge in [0.2, 0.25) is 0 Å². The Morgan fingerprint density at radius 1 is 1.48 bits per heavy atom. The van der Waals surface area contributed by atoms with E-state index in [1.807, 2.05) is 6.92 Å². The summed E-state index contributed by atoms with van der Waals surface area (Å²) in [5.74, 6) is 0.0897. The standard InChI is InChI=1S/C11H16Cl2N3O6P/c1-2-5-3-16(11(19)15-9(5)14)10-8(18)7(17)6(22-10)4-21-23(12,13)20/h3,6-8,10,17-18H,2,4H2,1H3,(H2,14,15,19)/t6-,7?,8?,10-/m1/s1. The van der Waals surface area contributed by atoms with E-state index in [9.17, 15) is 19.6 Å². The van der Waals surface area contributed by atoms with Crippen molar-refractivity contribution in [3.05, 3.63) is 22.2 Å². The molecule has 0 amide bonds. The third-order valence-corrected chi connectivity index (χ3v) is 4.48. The van der Waals surface area contributed by atoms with Crippen molar-refractivity contribution in [2.45, 2.75) is 37.9 Å². The number of aryl methyl sites for hydroxylation is 1. The van der Waals surface area contributed by atoms with Crippen molar-refractivity contribution >= 4 is 34.4 Å². The number of nitrogen functional groups attached to an aromatic ring is 1. The molecule has 0 aliphatic carbocycles. The van der Waals surface area contributed by atoms with E-state index in [1.54, 1.807) is 0 Å². The van der Waals surface area contributed by atoms with Gasteiger partial charge in [-0.25, -0.2) is 4.79 Å². The summed E-state index contributed by atoms with van der Waals surface area (Å²) in [6.45, 7) is 1.40. The van der Waals surface area contributed by atoms with Gasteiger partial charge in [0.1, 0.15) is 24.1 Å². The molecule has 0 bridgehead atoms. The number of halogens is 2. The first-order valence-electron chi connectivity index (χ1n) is 6.67. The van der Waals surface area contributed by atoms with Crippen molar-refractivity contribution in [1.29, 1.82) is 0 Å². The molecule has 130 valence electrons. The van der Waals surface area contributed by atoms with Crippen molar-refractivity contribution < 1.29 is 24.0 Å². The van der Waals surface area contributed by atoms with Crippen LogP contribution in [0.1, 0.15) is 18.7 Å². The molecular weight excluding hydrogens is 372 g/mol. The van der Waals surface area contributed by atoms with E-state index in [-0.39, 0.29) is 5.82 Å². The lowest BCUT2D eigenvalue weighted by Gasteiger charge is -2.18. The largest absolute Gasteiger partial charge is 0.387 e. The van der Waals surface area contributed by atoms with Crippen molar-refractivity contribution in [3.8, 4) is 0 Å². The van der Waals surface area contributed by atoms with Gasteiger partial charge in [-0.2, -0.15) is 4.98 Å². The fourth-order valence-electron chi connectivity index (χ4n) is 2.23. The molecule has 2 heterocycles. The molecule has 1 saturated heterocycles. The number of anilines is 1. The summed E-state index contributed by atoms with van der Waals surface area (Å²) in [5.41, 5.74) is 5.47. The van der Waals surface area contributed by atoms with Crippen LogP contribution in [0.2, 0.25) is 0 Å². The lowest BCUT2D eigenvalue weighted by Crippen LogP contribution is -2.36. The molecule has 0 aromatic carbocycles. The van der Waals surface area contributed by atoms with Gasteiger partial charge in [0, 0.05) is 11.8 Å². The van der Waals surface area contributed by atoms with Gasteiger partial charge in [-0.05, 0) is 28.9 Å². The summed E-state index contributed by atoms with van der Waals surface area (Å²) in [5, 5.41) is 20.1. The summed E-state index contributed by atoms with van der Waals surface area (Å²) >= 11 is 10.5. The highest BCUT2D eigenvalue weighted by molar-refractivity contribution is 8.05. The number of aliphatic hydroxyl groups excluding tert-OH is 2. The van der Waals surface area contributed by atoms with E-state index < -0.39 is 42.9 Å². The lowest BCUT2D eigenvalue weighted by molar-refractivity contribution is -0.0507. The number of aliphatic hydroxyl groups is 2. The molecule has 0 radical (unpaired) electrons. The number of hydrogen-bond donors (Lipinski definition) is 3. The van der Waals surface area contributed by atoms with Crippen LogP contribution in [-0.4, -0.2) is 44.7 Å². The maximum Gasteiger partial charge on any atom is 0.380 e. The molecule has 0 spiro atoms. The fraction of sp³-hybridized carbons (Fsp3) is 0.636. The van der Waals surface area contributed by atoms with E-state index in [0.29, 0.717) is 12.0 Å². The third-order valence-electron chi connectivity index (χ3n) is 3.44. The average molecular weight is 388 g/mol. The lowest BCUT2D eigenvalue weighted by atomic mass is 10.1. The zero-order chi connectivity index (χ0) is 17.4. The molecule has 1 aromatic heterocycles. The van der Waals surface area contributed by atoms with Crippen LogP contribution in [0.5, 0.6) is 0 Å². The quantitative estimate of drug-likeness (QED) is 0.624. The minimum atomic E-state index is -3.81. The Morgan fingerprint density at radius 2 is 2.13 bits per heavy atom. The van der Waals surface area contributed by atoms with Gasteiger partial charge in [0.15, 0.2) is 6.23 Å². The van der Waals surface area contributed by atoms with Gasteiger partial charge in [0.05, 0.1) is 6.61 Å². The Labute approximate surface area is 141 Å². The van der Waals surface area contributed by atoms with Crippen LogP contribution >= 0.6 is 28.6 Å². The Morgan fingerprint density at radius 3 is 2.70 bits per heavy atom. The number of rotatable bonds is 5. The van der Waals surface area contributed by atoms with Crippen LogP contribution in [0.4, 0.5) is 5.82 Å². The molecule has 2 unspecified atom stereocenters. The molecule has 4 N–H and O–H groups in total. The molecule has 1 aliphatic heterocycles. The minimum Gasteiger partial charge on any atom is -0.387 e. The second-order valence-electron chi connectivity index (χ2n) is 4.95. The number of nitrogens with two attached hydrogens (primary N) is 1. The molecular formula is C11H16Cl2N3O6P. The van der Waals surface area contributed by atoms with E-state index in [4.69, 9.17) is 33.0 Å². The zero-order valence-corrected chi connectivity index (χ0v) is 14.4. The minimum absolute atomic E-state index is 0.0897. The molecule has 12 heteroatoms. The number of ether oxygens (including phenoxy) is 1. The molecule has 4 atom stereocenters. The highest BCUT2D eigenvalue weighted by Crippen LogP contribution is 2.57. The molecule has 1 aromatic rings. The first kappa shape index (κ1) is 18.7.